The molecule has 0 aromatic heterocycles. The predicted molar refractivity (Wildman–Crippen MR) is 126 cm³/mol. The van der Waals surface area contributed by atoms with Gasteiger partial charge in [-0.25, -0.2) is 9.18 Å². The first-order valence-corrected chi connectivity index (χ1v) is 11.6. The van der Waals surface area contributed by atoms with Crippen molar-refractivity contribution < 1.29 is 19.0 Å². The lowest BCUT2D eigenvalue weighted by molar-refractivity contribution is -0.0645. The van der Waals surface area contributed by atoms with Gasteiger partial charge >= 0.3 is 6.03 Å². The van der Waals surface area contributed by atoms with Crippen molar-refractivity contribution in [1.82, 2.24) is 10.2 Å². The quantitative estimate of drug-likeness (QED) is 0.534. The van der Waals surface area contributed by atoms with E-state index < -0.39 is 0 Å². The molecule has 0 bridgehead atoms. The second-order valence-electron chi connectivity index (χ2n) is 8.97. The molecule has 2 aliphatic heterocycles. The summed E-state index contributed by atoms with van der Waals surface area (Å²) >= 11 is 0. The molecular weight excluding hydrogens is 423 g/mol. The maximum absolute atomic E-state index is 13.0. The molecule has 0 unspecified atom stereocenters. The van der Waals surface area contributed by atoms with Crippen LogP contribution in [0.3, 0.4) is 0 Å². The van der Waals surface area contributed by atoms with Gasteiger partial charge in [-0.2, -0.15) is 0 Å². The van der Waals surface area contributed by atoms with Crippen molar-refractivity contribution in [2.24, 2.45) is 11.7 Å². The van der Waals surface area contributed by atoms with Gasteiger partial charge in [0.05, 0.1) is 12.2 Å². The Hall–Kier alpha value is -2.68. The number of hydrogen-bond acceptors (Lipinski definition) is 5. The molecule has 2 amide bonds. The topological polar surface area (TPSA) is 99.8 Å². The van der Waals surface area contributed by atoms with Gasteiger partial charge in [0.1, 0.15) is 11.6 Å². The van der Waals surface area contributed by atoms with E-state index in [1.54, 1.807) is 0 Å². The standard InChI is InChI=1S/C25H33FN4O3/c1-16-2-7-20-21(24(16)31)14-22(33-23(20)15-27)17-8-11-30(12-9-17)13-10-28-25(32)29-19-5-3-18(26)4-6-19/h2-7,17,22-23,31H,8-15,27H2,1H3,(H2,28,29,32)/t22-,23-/m0/s1. The van der Waals surface area contributed by atoms with E-state index in [9.17, 15) is 14.3 Å². The van der Waals surface area contributed by atoms with E-state index in [1.807, 2.05) is 19.1 Å². The number of hydrogen-bond donors (Lipinski definition) is 4. The molecule has 0 radical (unpaired) electrons. The Balaban J connectivity index is 1.23. The second kappa shape index (κ2) is 10.5. The molecule has 4 rings (SSSR count). The number of anilines is 1. The van der Waals surface area contributed by atoms with Crippen molar-refractivity contribution in [3.8, 4) is 5.75 Å². The van der Waals surface area contributed by atoms with Gasteiger partial charge < -0.3 is 31.1 Å². The summed E-state index contributed by atoms with van der Waals surface area (Å²) in [5, 5.41) is 16.2. The molecule has 2 aliphatic rings. The highest BCUT2D eigenvalue weighted by molar-refractivity contribution is 5.89. The van der Waals surface area contributed by atoms with Crippen LogP contribution in [0.4, 0.5) is 14.9 Å². The molecule has 8 heteroatoms. The van der Waals surface area contributed by atoms with E-state index in [1.165, 1.54) is 24.3 Å². The highest BCUT2D eigenvalue weighted by Gasteiger charge is 2.35. The number of phenolic OH excluding ortho intramolecular Hbond substituents is 1. The minimum atomic E-state index is -0.336. The number of benzene rings is 2. The zero-order valence-corrected chi connectivity index (χ0v) is 19.0. The van der Waals surface area contributed by atoms with Crippen molar-refractivity contribution in [3.05, 3.63) is 58.9 Å². The number of phenols is 1. The van der Waals surface area contributed by atoms with Gasteiger partial charge in [0.15, 0.2) is 0 Å². The zero-order valence-electron chi connectivity index (χ0n) is 19.0. The Labute approximate surface area is 194 Å². The van der Waals surface area contributed by atoms with Gasteiger partial charge in [0.25, 0.3) is 0 Å². The van der Waals surface area contributed by atoms with Crippen LogP contribution in [0.1, 0.15) is 35.6 Å². The van der Waals surface area contributed by atoms with Crippen molar-refractivity contribution >= 4 is 11.7 Å². The van der Waals surface area contributed by atoms with Gasteiger partial charge in [-0.1, -0.05) is 12.1 Å². The monoisotopic (exact) mass is 456 g/mol. The van der Waals surface area contributed by atoms with Crippen LogP contribution in [0.5, 0.6) is 5.75 Å². The third-order valence-electron chi connectivity index (χ3n) is 6.80. The van der Waals surface area contributed by atoms with Gasteiger partial charge in [-0.15, -0.1) is 0 Å². The van der Waals surface area contributed by atoms with E-state index in [4.69, 9.17) is 10.5 Å². The summed E-state index contributed by atoms with van der Waals surface area (Å²) in [7, 11) is 0. The number of rotatable bonds is 6. The SMILES string of the molecule is Cc1ccc2c(c1O)C[C@@H](C1CCN(CCNC(=O)Nc3ccc(F)cc3)CC1)O[C@H]2CN. The molecule has 0 saturated carbocycles. The van der Waals surface area contributed by atoms with Crippen molar-refractivity contribution in [2.45, 2.75) is 38.4 Å². The fraction of sp³-hybridized carbons (Fsp3) is 0.480. The Morgan fingerprint density at radius 2 is 1.94 bits per heavy atom. The first kappa shape index (κ1) is 23.5. The minimum Gasteiger partial charge on any atom is -0.507 e. The number of halogens is 1. The smallest absolute Gasteiger partial charge is 0.319 e. The molecule has 0 aliphatic carbocycles. The molecule has 0 spiro atoms. The molecule has 7 nitrogen and oxygen atoms in total. The van der Waals surface area contributed by atoms with Crippen LogP contribution in [0.15, 0.2) is 36.4 Å². The number of urea groups is 1. The molecule has 2 aromatic carbocycles. The largest absolute Gasteiger partial charge is 0.507 e. The fourth-order valence-corrected chi connectivity index (χ4v) is 4.86. The molecular formula is C25H33FN4O3. The summed E-state index contributed by atoms with van der Waals surface area (Å²) in [5.74, 6) is 0.456. The van der Waals surface area contributed by atoms with Crippen molar-refractivity contribution in [2.75, 3.05) is 38.0 Å². The summed E-state index contributed by atoms with van der Waals surface area (Å²) in [5.41, 5.74) is 9.42. The third-order valence-corrected chi connectivity index (χ3v) is 6.80. The molecule has 2 atom stereocenters. The first-order chi connectivity index (χ1) is 15.9. The molecule has 178 valence electrons. The number of amides is 2. The van der Waals surface area contributed by atoms with Gasteiger partial charge in [-0.05, 0) is 74.2 Å². The maximum Gasteiger partial charge on any atom is 0.319 e. The average molecular weight is 457 g/mol. The lowest BCUT2D eigenvalue weighted by atomic mass is 9.83. The van der Waals surface area contributed by atoms with E-state index in [2.05, 4.69) is 15.5 Å². The number of likely N-dealkylation sites (tertiary alicyclic amines) is 1. The highest BCUT2D eigenvalue weighted by Crippen LogP contribution is 2.40. The Morgan fingerprint density at radius 1 is 1.21 bits per heavy atom. The van der Waals surface area contributed by atoms with Gasteiger partial charge in [-0.3, -0.25) is 0 Å². The normalized spacial score (nSPS) is 21.4. The molecule has 2 heterocycles. The number of piperidine rings is 1. The van der Waals surface area contributed by atoms with Gasteiger partial charge in [0, 0.05) is 37.3 Å². The highest BCUT2D eigenvalue weighted by atomic mass is 19.1. The first-order valence-electron chi connectivity index (χ1n) is 11.6. The Morgan fingerprint density at radius 3 is 2.64 bits per heavy atom. The van der Waals surface area contributed by atoms with Crippen molar-refractivity contribution in [1.29, 1.82) is 0 Å². The number of aromatic hydroxyl groups is 1. The van der Waals surface area contributed by atoms with Crippen LogP contribution in [0.2, 0.25) is 0 Å². The van der Waals surface area contributed by atoms with Crippen LogP contribution >= 0.6 is 0 Å². The van der Waals surface area contributed by atoms with Gasteiger partial charge in [0.2, 0.25) is 0 Å². The molecule has 33 heavy (non-hydrogen) atoms. The number of ether oxygens (including phenoxy) is 1. The predicted octanol–water partition coefficient (Wildman–Crippen LogP) is 3.31. The summed E-state index contributed by atoms with van der Waals surface area (Å²) < 4.78 is 19.3. The number of aryl methyl sites for hydroxylation is 1. The molecule has 1 saturated heterocycles. The average Bonchev–Trinajstić information content (AvgIpc) is 2.83. The molecule has 1 fully saturated rings. The van der Waals surface area contributed by atoms with Crippen LogP contribution in [-0.2, 0) is 11.2 Å². The maximum atomic E-state index is 13.0. The summed E-state index contributed by atoms with van der Waals surface area (Å²) in [6.45, 7) is 5.49. The van der Waals surface area contributed by atoms with Crippen LogP contribution in [0, 0.1) is 18.7 Å². The van der Waals surface area contributed by atoms with Crippen LogP contribution in [0.25, 0.3) is 0 Å². The van der Waals surface area contributed by atoms with E-state index >= 15 is 0 Å². The number of carbonyl (C=O) groups is 1. The van der Waals surface area contributed by atoms with E-state index in [0.29, 0.717) is 30.4 Å². The Bertz CT molecular complexity index is 961. The molecule has 5 N–H and O–H groups in total. The van der Waals surface area contributed by atoms with Crippen LogP contribution in [-0.4, -0.2) is 54.9 Å². The lowest BCUT2D eigenvalue weighted by Crippen LogP contribution is -2.44. The number of nitrogens with two attached hydrogens (primary N) is 1. The second-order valence-corrected chi connectivity index (χ2v) is 8.97. The summed E-state index contributed by atoms with van der Waals surface area (Å²) in [6, 6.07) is 9.34. The van der Waals surface area contributed by atoms with Crippen LogP contribution < -0.4 is 16.4 Å². The van der Waals surface area contributed by atoms with Crippen molar-refractivity contribution in [3.63, 3.8) is 0 Å². The van der Waals surface area contributed by atoms with E-state index in [-0.39, 0.29) is 24.1 Å². The third kappa shape index (κ3) is 5.63. The summed E-state index contributed by atoms with van der Waals surface area (Å²) in [6.07, 6.45) is 2.61. The lowest BCUT2D eigenvalue weighted by Gasteiger charge is -2.40. The number of nitrogens with one attached hydrogen (secondary N) is 2. The van der Waals surface area contributed by atoms with E-state index in [0.717, 1.165) is 55.6 Å². The summed E-state index contributed by atoms with van der Waals surface area (Å²) in [4.78, 5) is 14.4. The fourth-order valence-electron chi connectivity index (χ4n) is 4.86. The number of carbonyl (C=O) groups excluding carboxylic acids is 1. The zero-order chi connectivity index (χ0) is 23.4. The number of nitrogens with zero attached hydrogens (tertiary/aromatic N) is 1. The Kier molecular flexibility index (Phi) is 7.47. The minimum absolute atomic E-state index is 0.0560. The molecule has 2 aromatic rings. The number of fused-ring (bicyclic) bond motifs is 1.